The van der Waals surface area contributed by atoms with Crippen molar-refractivity contribution in [1.82, 2.24) is 25.3 Å². The first-order valence-corrected chi connectivity index (χ1v) is 15.1. The number of nitrogens with one attached hydrogen (secondary N) is 2. The molecule has 0 fully saturated rings. The maximum Gasteiger partial charge on any atom is 0.271 e. The predicted molar refractivity (Wildman–Crippen MR) is 173 cm³/mol. The Morgan fingerprint density at radius 1 is 0.805 bits per heavy atom. The van der Waals surface area contributed by atoms with Gasteiger partial charge in [-0.15, -0.1) is 0 Å². The van der Waals surface area contributed by atoms with E-state index in [0.717, 1.165) is 51.5 Å². The summed E-state index contributed by atoms with van der Waals surface area (Å²) in [6.07, 6.45) is 35.1. The summed E-state index contributed by atoms with van der Waals surface area (Å²) in [5.74, 6) is -0.104. The van der Waals surface area contributed by atoms with Crippen LogP contribution in [0.4, 0.5) is 0 Å². The number of allylic oxidation sites excluding steroid dienone is 12. The Morgan fingerprint density at radius 3 is 1.78 bits per heavy atom. The third kappa shape index (κ3) is 20.1. The average molecular weight is 564 g/mol. The molecule has 0 aliphatic rings. The van der Waals surface area contributed by atoms with Crippen molar-refractivity contribution in [2.24, 2.45) is 0 Å². The molecule has 0 saturated carbocycles. The fraction of sp³-hybridized carbons (Fsp3) is 0.500. The summed E-state index contributed by atoms with van der Waals surface area (Å²) in [4.78, 5) is 26.3. The molecule has 0 radical (unpaired) electrons. The second-order valence-corrected chi connectivity index (χ2v) is 10.1. The first-order chi connectivity index (χ1) is 19.9. The lowest BCUT2D eigenvalue weighted by Crippen LogP contribution is -2.37. The molecule has 1 heterocycles. The fourth-order valence-corrected chi connectivity index (χ4v) is 3.64. The van der Waals surface area contributed by atoms with Gasteiger partial charge in [0, 0.05) is 44.8 Å². The van der Waals surface area contributed by atoms with E-state index in [4.69, 9.17) is 0 Å². The molecule has 0 atom stereocenters. The van der Waals surface area contributed by atoms with Crippen LogP contribution in [-0.2, 0) is 4.79 Å². The molecule has 2 amide bonds. The molecule has 0 unspecified atom stereocenters. The van der Waals surface area contributed by atoms with Crippen molar-refractivity contribution in [1.29, 1.82) is 0 Å². The maximum atomic E-state index is 12.2. The van der Waals surface area contributed by atoms with Crippen molar-refractivity contribution in [2.45, 2.75) is 78.2 Å². The van der Waals surface area contributed by atoms with E-state index in [1.807, 2.05) is 27.1 Å². The largest absolute Gasteiger partial charge is 0.355 e. The molecule has 226 valence electrons. The van der Waals surface area contributed by atoms with Gasteiger partial charge in [0.2, 0.25) is 5.91 Å². The van der Waals surface area contributed by atoms with Crippen molar-refractivity contribution in [3.8, 4) is 0 Å². The Hall–Kier alpha value is -3.45. The smallest absolute Gasteiger partial charge is 0.271 e. The van der Waals surface area contributed by atoms with Crippen molar-refractivity contribution in [3.05, 3.63) is 90.9 Å². The van der Waals surface area contributed by atoms with E-state index in [1.165, 1.54) is 0 Å². The molecule has 7 heteroatoms. The van der Waals surface area contributed by atoms with E-state index < -0.39 is 0 Å². The average Bonchev–Trinajstić information content (AvgIpc) is 3.45. The van der Waals surface area contributed by atoms with Crippen LogP contribution in [0.25, 0.3) is 0 Å². The van der Waals surface area contributed by atoms with Crippen molar-refractivity contribution < 1.29 is 9.59 Å². The van der Waals surface area contributed by atoms with Crippen LogP contribution >= 0.6 is 0 Å². The van der Waals surface area contributed by atoms with Gasteiger partial charge in [-0.1, -0.05) is 79.8 Å². The Labute approximate surface area is 248 Å². The van der Waals surface area contributed by atoms with Crippen LogP contribution in [0, 0.1) is 0 Å². The molecule has 0 bridgehead atoms. The molecule has 0 aliphatic carbocycles. The van der Waals surface area contributed by atoms with E-state index in [0.29, 0.717) is 31.7 Å². The lowest BCUT2D eigenvalue weighted by atomic mass is 10.2. The summed E-state index contributed by atoms with van der Waals surface area (Å²) in [7, 11) is 1.98. The summed E-state index contributed by atoms with van der Waals surface area (Å²) in [5, 5.41) is 10.1. The molecule has 7 nitrogen and oxygen atoms in total. The molecule has 1 rings (SSSR count). The maximum absolute atomic E-state index is 12.2. The first-order valence-electron chi connectivity index (χ1n) is 15.1. The zero-order valence-corrected chi connectivity index (χ0v) is 25.8. The van der Waals surface area contributed by atoms with Crippen LogP contribution in [0.1, 0.15) is 88.7 Å². The number of aromatic nitrogens is 2. The van der Waals surface area contributed by atoms with Gasteiger partial charge in [-0.3, -0.25) is 14.3 Å². The molecule has 0 spiro atoms. The van der Waals surface area contributed by atoms with Crippen LogP contribution < -0.4 is 10.6 Å². The zero-order chi connectivity index (χ0) is 30.0. The van der Waals surface area contributed by atoms with Gasteiger partial charge in [-0.2, -0.15) is 5.10 Å². The first kappa shape index (κ1) is 35.6. The second kappa shape index (κ2) is 24.4. The van der Waals surface area contributed by atoms with Crippen LogP contribution in [0.15, 0.2) is 85.2 Å². The minimum absolute atomic E-state index is 0.0620. The minimum Gasteiger partial charge on any atom is -0.355 e. The molecule has 0 aliphatic heterocycles. The molecule has 2 N–H and O–H groups in total. The van der Waals surface area contributed by atoms with E-state index in [-0.39, 0.29) is 17.9 Å². The summed E-state index contributed by atoms with van der Waals surface area (Å²) in [5.41, 5.74) is 0.431. The van der Waals surface area contributed by atoms with E-state index in [1.54, 1.807) is 10.7 Å². The van der Waals surface area contributed by atoms with Gasteiger partial charge in [-0.05, 0) is 71.9 Å². The van der Waals surface area contributed by atoms with Crippen LogP contribution in [0.5, 0.6) is 0 Å². The lowest BCUT2D eigenvalue weighted by Gasteiger charge is -2.17. The van der Waals surface area contributed by atoms with Crippen molar-refractivity contribution in [2.75, 3.05) is 33.2 Å². The summed E-state index contributed by atoms with van der Waals surface area (Å²) in [6, 6.07) is 1.96. The molecule has 41 heavy (non-hydrogen) atoms. The number of carbonyl (C=O) groups is 2. The quantitative estimate of drug-likeness (QED) is 0.154. The molecule has 0 aromatic carbocycles. The molecular weight excluding hydrogens is 510 g/mol. The summed E-state index contributed by atoms with van der Waals surface area (Å²) in [6.45, 7) is 8.74. The van der Waals surface area contributed by atoms with Crippen LogP contribution in [0.2, 0.25) is 0 Å². The molecular formula is C34H53N5O2. The van der Waals surface area contributed by atoms with E-state index >= 15 is 0 Å². The molecule has 0 saturated heterocycles. The van der Waals surface area contributed by atoms with Gasteiger partial charge in [0.15, 0.2) is 0 Å². The van der Waals surface area contributed by atoms with Gasteiger partial charge in [0.05, 0.1) is 0 Å². The summed E-state index contributed by atoms with van der Waals surface area (Å²) >= 11 is 0. The van der Waals surface area contributed by atoms with Crippen molar-refractivity contribution >= 4 is 11.8 Å². The third-order valence-electron chi connectivity index (χ3n) is 6.10. The highest BCUT2D eigenvalue weighted by Crippen LogP contribution is 2.04. The highest BCUT2D eigenvalue weighted by atomic mass is 16.2. The fourth-order valence-electron chi connectivity index (χ4n) is 3.64. The van der Waals surface area contributed by atoms with E-state index in [9.17, 15) is 9.59 Å². The van der Waals surface area contributed by atoms with Gasteiger partial charge >= 0.3 is 0 Å². The third-order valence-corrected chi connectivity index (χ3v) is 6.10. The number of nitrogens with zero attached hydrogens (tertiary/aromatic N) is 3. The Morgan fingerprint density at radius 2 is 1.29 bits per heavy atom. The highest BCUT2D eigenvalue weighted by Gasteiger charge is 2.10. The van der Waals surface area contributed by atoms with Crippen LogP contribution in [-0.4, -0.2) is 59.7 Å². The Balaban J connectivity index is 1.99. The minimum atomic E-state index is -0.166. The van der Waals surface area contributed by atoms with Gasteiger partial charge in [0.1, 0.15) is 5.69 Å². The normalized spacial score (nSPS) is 12.6. The Kier molecular flexibility index (Phi) is 21.1. The van der Waals surface area contributed by atoms with Gasteiger partial charge < -0.3 is 15.5 Å². The number of hydrogen-bond acceptors (Lipinski definition) is 4. The zero-order valence-electron chi connectivity index (χ0n) is 25.8. The molecule has 1 aromatic rings. The second-order valence-electron chi connectivity index (χ2n) is 10.1. The number of carbonyl (C=O) groups excluding carboxylic acids is 2. The standard InChI is InChI=1S/C34H53N5O2/c1-5-6-7-8-9-10-11-12-13-14-15-16-17-18-19-20-21-22-23-24-33(40)35-26-29-38(4)30-27-36-34(41)32-25-28-39(37-32)31(2)3/h6-7,9-10,12-13,15-16,18-19,21-22,25,28,31H,5,8,11,14,17,20,23-24,26-27,29-30H2,1-4H3,(H,35,40)(H,36,41)/b7-6-,10-9-,13-12-,16-15-,19-18-,22-21-. The number of amides is 2. The Bertz CT molecular complexity index is 1010. The number of rotatable bonds is 22. The monoisotopic (exact) mass is 563 g/mol. The van der Waals surface area contributed by atoms with E-state index in [2.05, 4.69) is 100 Å². The SMILES string of the molecule is CC/C=C\C/C=C\C/C=C\C/C=C\C/C=C\C/C=C\CCC(=O)NCCN(C)CCNC(=O)c1ccn(C(C)C)n1. The van der Waals surface area contributed by atoms with Crippen molar-refractivity contribution in [3.63, 3.8) is 0 Å². The summed E-state index contributed by atoms with van der Waals surface area (Å²) < 4.78 is 1.77. The molecule has 1 aromatic heterocycles. The van der Waals surface area contributed by atoms with Crippen LogP contribution in [0.3, 0.4) is 0 Å². The predicted octanol–water partition coefficient (Wildman–Crippen LogP) is 6.72. The van der Waals surface area contributed by atoms with Gasteiger partial charge in [0.25, 0.3) is 5.91 Å². The van der Waals surface area contributed by atoms with Gasteiger partial charge in [-0.25, -0.2) is 0 Å². The highest BCUT2D eigenvalue weighted by molar-refractivity contribution is 5.92. The number of hydrogen-bond donors (Lipinski definition) is 2. The number of likely N-dealkylation sites (N-methyl/N-ethyl adjacent to an activating group) is 1. The topological polar surface area (TPSA) is 79.3 Å². The lowest BCUT2D eigenvalue weighted by molar-refractivity contribution is -0.121.